The Labute approximate surface area is 188 Å². The Bertz CT molecular complexity index is 1300. The Kier molecular flexibility index (Phi) is 6.43. The molecule has 0 saturated heterocycles. The third-order valence-electron chi connectivity index (χ3n) is 5.14. The fraction of sp³-hybridized carbons (Fsp3) is 0.0833. The molecule has 2 aromatic rings. The lowest BCUT2D eigenvalue weighted by molar-refractivity contribution is -0.132. The Balaban J connectivity index is 2.39. The molecule has 0 unspecified atom stereocenters. The number of carboxylic acid groups (broad SMARTS) is 3. The van der Waals surface area contributed by atoms with E-state index in [1.54, 1.807) is 31.3 Å². The van der Waals surface area contributed by atoms with Crippen molar-refractivity contribution >= 4 is 40.6 Å². The molecule has 0 radical (unpaired) electrons. The van der Waals surface area contributed by atoms with Crippen LogP contribution in [0.15, 0.2) is 70.8 Å². The first-order chi connectivity index (χ1) is 15.7. The number of aliphatic imine (C=N–C) groups is 1. The van der Waals surface area contributed by atoms with Crippen molar-refractivity contribution < 1.29 is 29.7 Å². The van der Waals surface area contributed by atoms with E-state index in [0.717, 1.165) is 0 Å². The number of hydrogen-bond donors (Lipinski definition) is 5. The van der Waals surface area contributed by atoms with Crippen molar-refractivity contribution in [2.75, 3.05) is 25.1 Å². The molecule has 0 fully saturated rings. The van der Waals surface area contributed by atoms with E-state index in [4.69, 9.17) is 5.73 Å². The molecule has 1 aliphatic carbocycles. The van der Waals surface area contributed by atoms with Crippen molar-refractivity contribution in [3.05, 3.63) is 88.0 Å². The standard InChI is InChI=1S/C24H21N3O6/c1-26-19-7-4-13(10-16(19)23(30)31)21(12-3-6-18(25)15(9-12)22(28)29)14-5-8-20(27-2)17(11-14)24(32)33/h3-11,26H,25H2,1-2H3,(H,28,29)(H,30,31)(H,32,33)/b21-14-,27-20?. The fourth-order valence-electron chi connectivity index (χ4n) is 3.55. The topological polar surface area (TPSA) is 162 Å². The summed E-state index contributed by atoms with van der Waals surface area (Å²) in [6.45, 7) is 0. The first-order valence-corrected chi connectivity index (χ1v) is 9.71. The van der Waals surface area contributed by atoms with Crippen molar-refractivity contribution in [1.29, 1.82) is 0 Å². The van der Waals surface area contributed by atoms with Crippen LogP contribution in [0, 0.1) is 0 Å². The van der Waals surface area contributed by atoms with Crippen LogP contribution < -0.4 is 11.1 Å². The van der Waals surface area contributed by atoms with E-state index >= 15 is 0 Å². The summed E-state index contributed by atoms with van der Waals surface area (Å²) in [5, 5.41) is 31.6. The normalized spacial score (nSPS) is 15.7. The molecule has 6 N–H and O–H groups in total. The summed E-state index contributed by atoms with van der Waals surface area (Å²) in [6.07, 6.45) is 4.60. The molecule has 168 valence electrons. The Morgan fingerprint density at radius 1 is 0.879 bits per heavy atom. The number of nitrogen functional groups attached to an aromatic ring is 1. The van der Waals surface area contributed by atoms with Crippen molar-refractivity contribution in [3.8, 4) is 0 Å². The van der Waals surface area contributed by atoms with E-state index < -0.39 is 17.9 Å². The van der Waals surface area contributed by atoms with Gasteiger partial charge in [0, 0.05) is 25.5 Å². The van der Waals surface area contributed by atoms with Crippen LogP contribution in [0.5, 0.6) is 0 Å². The summed E-state index contributed by atoms with van der Waals surface area (Å²) in [5.41, 5.74) is 8.10. The van der Waals surface area contributed by atoms with Crippen LogP contribution in [0.2, 0.25) is 0 Å². The van der Waals surface area contributed by atoms with E-state index in [1.807, 2.05) is 0 Å². The van der Waals surface area contributed by atoms with Gasteiger partial charge in [-0.3, -0.25) is 4.99 Å². The smallest absolute Gasteiger partial charge is 0.337 e. The molecule has 0 aliphatic heterocycles. The molecule has 9 nitrogen and oxygen atoms in total. The zero-order valence-electron chi connectivity index (χ0n) is 17.8. The number of rotatable bonds is 6. The number of aliphatic carboxylic acids is 1. The molecule has 33 heavy (non-hydrogen) atoms. The predicted octanol–water partition coefficient (Wildman–Crippen LogP) is 3.16. The molecule has 1 aliphatic rings. The van der Waals surface area contributed by atoms with Crippen molar-refractivity contribution in [1.82, 2.24) is 0 Å². The number of nitrogens with zero attached hydrogens (tertiary/aromatic N) is 1. The maximum atomic E-state index is 11.8. The maximum Gasteiger partial charge on any atom is 0.337 e. The number of benzene rings is 2. The predicted molar refractivity (Wildman–Crippen MR) is 125 cm³/mol. The molecule has 0 aromatic heterocycles. The zero-order valence-corrected chi connectivity index (χ0v) is 17.8. The Hall–Kier alpha value is -4.66. The van der Waals surface area contributed by atoms with Gasteiger partial charge in [-0.05, 0) is 58.7 Å². The van der Waals surface area contributed by atoms with Crippen LogP contribution in [0.4, 0.5) is 11.4 Å². The molecule has 0 spiro atoms. The van der Waals surface area contributed by atoms with Crippen molar-refractivity contribution in [3.63, 3.8) is 0 Å². The summed E-state index contributed by atoms with van der Waals surface area (Å²) in [6, 6.07) is 9.11. The van der Waals surface area contributed by atoms with Crippen LogP contribution in [0.3, 0.4) is 0 Å². The highest BCUT2D eigenvalue weighted by atomic mass is 16.4. The first-order valence-electron chi connectivity index (χ1n) is 9.71. The van der Waals surface area contributed by atoms with Gasteiger partial charge in [0.25, 0.3) is 0 Å². The zero-order chi connectivity index (χ0) is 24.3. The van der Waals surface area contributed by atoms with E-state index in [-0.39, 0.29) is 28.1 Å². The number of anilines is 2. The molecule has 0 heterocycles. The second-order valence-corrected chi connectivity index (χ2v) is 7.06. The van der Waals surface area contributed by atoms with Crippen molar-refractivity contribution in [2.24, 2.45) is 4.99 Å². The van der Waals surface area contributed by atoms with Gasteiger partial charge >= 0.3 is 17.9 Å². The van der Waals surface area contributed by atoms with Crippen LogP contribution in [0.1, 0.15) is 31.8 Å². The lowest BCUT2D eigenvalue weighted by atomic mass is 9.87. The number of hydrogen-bond acceptors (Lipinski definition) is 6. The second-order valence-electron chi connectivity index (χ2n) is 7.06. The molecule has 0 atom stereocenters. The molecule has 9 heteroatoms. The van der Waals surface area contributed by atoms with Gasteiger partial charge < -0.3 is 26.4 Å². The van der Waals surface area contributed by atoms with Crippen LogP contribution >= 0.6 is 0 Å². The Morgan fingerprint density at radius 2 is 1.48 bits per heavy atom. The van der Waals surface area contributed by atoms with Gasteiger partial charge in [0.1, 0.15) is 0 Å². The van der Waals surface area contributed by atoms with Gasteiger partial charge in [-0.25, -0.2) is 14.4 Å². The van der Waals surface area contributed by atoms with Gasteiger partial charge in [-0.1, -0.05) is 18.2 Å². The van der Waals surface area contributed by atoms with Crippen LogP contribution in [-0.2, 0) is 4.79 Å². The highest BCUT2D eigenvalue weighted by Crippen LogP contribution is 2.34. The van der Waals surface area contributed by atoms with E-state index in [1.165, 1.54) is 37.4 Å². The summed E-state index contributed by atoms with van der Waals surface area (Å²) in [4.78, 5) is 39.2. The summed E-state index contributed by atoms with van der Waals surface area (Å²) in [7, 11) is 3.07. The van der Waals surface area contributed by atoms with Gasteiger partial charge in [0.05, 0.1) is 22.4 Å². The molecule has 0 amide bonds. The number of carboxylic acids is 3. The molecule has 0 saturated carbocycles. The number of nitrogens with one attached hydrogen (secondary N) is 1. The first kappa shape index (κ1) is 23.0. The highest BCUT2D eigenvalue weighted by molar-refractivity contribution is 6.25. The maximum absolute atomic E-state index is 11.8. The minimum atomic E-state index is -1.23. The third kappa shape index (κ3) is 4.52. The van der Waals surface area contributed by atoms with Crippen LogP contribution in [0.25, 0.3) is 5.57 Å². The lowest BCUT2D eigenvalue weighted by Crippen LogP contribution is -2.14. The number of allylic oxidation sites excluding steroid dienone is 4. The monoisotopic (exact) mass is 447 g/mol. The van der Waals surface area contributed by atoms with Gasteiger partial charge in [-0.2, -0.15) is 0 Å². The molecular weight excluding hydrogens is 426 g/mol. The van der Waals surface area contributed by atoms with Crippen molar-refractivity contribution in [2.45, 2.75) is 0 Å². The van der Waals surface area contributed by atoms with Crippen LogP contribution in [-0.4, -0.2) is 53.0 Å². The van der Waals surface area contributed by atoms with Gasteiger partial charge in [0.15, 0.2) is 0 Å². The quantitative estimate of drug-likeness (QED) is 0.422. The minimum absolute atomic E-state index is 0.0000365. The minimum Gasteiger partial charge on any atom is -0.478 e. The highest BCUT2D eigenvalue weighted by Gasteiger charge is 2.22. The van der Waals surface area contributed by atoms with E-state index in [2.05, 4.69) is 10.3 Å². The van der Waals surface area contributed by atoms with Gasteiger partial charge in [-0.15, -0.1) is 0 Å². The molecule has 2 aromatic carbocycles. The molecule has 3 rings (SSSR count). The second kappa shape index (κ2) is 9.23. The SMILES string of the molecule is CN=C1C=C/C(=C(\c2ccc(N)c(C(=O)O)c2)c2ccc(NC)c(C(=O)O)c2)C=C1C(=O)O. The average Bonchev–Trinajstić information content (AvgIpc) is 2.79. The Morgan fingerprint density at radius 3 is 2.03 bits per heavy atom. The molecule has 0 bridgehead atoms. The average molecular weight is 447 g/mol. The number of carbonyl (C=O) groups is 3. The number of nitrogens with two attached hydrogens (primary N) is 1. The number of aromatic carboxylic acids is 2. The summed E-state index contributed by atoms with van der Waals surface area (Å²) >= 11 is 0. The third-order valence-corrected chi connectivity index (χ3v) is 5.14. The largest absolute Gasteiger partial charge is 0.478 e. The van der Waals surface area contributed by atoms with Gasteiger partial charge in [0.2, 0.25) is 0 Å². The fourth-order valence-corrected chi connectivity index (χ4v) is 3.55. The summed E-state index contributed by atoms with van der Waals surface area (Å²) in [5.74, 6) is -3.57. The lowest BCUT2D eigenvalue weighted by Gasteiger charge is -2.18. The summed E-state index contributed by atoms with van der Waals surface area (Å²) < 4.78 is 0. The molecular formula is C24H21N3O6. The van der Waals surface area contributed by atoms with E-state index in [0.29, 0.717) is 28.0 Å². The van der Waals surface area contributed by atoms with E-state index in [9.17, 15) is 29.7 Å².